The molecule has 3 rings (SSSR count). The van der Waals surface area contributed by atoms with Crippen LogP contribution in [0.5, 0.6) is 0 Å². The Morgan fingerprint density at radius 1 is 1.19 bits per heavy atom. The van der Waals surface area contributed by atoms with E-state index in [4.69, 9.17) is 11.6 Å². The summed E-state index contributed by atoms with van der Waals surface area (Å²) in [6.45, 7) is 0. The number of nitrogens with zero attached hydrogens (tertiary/aromatic N) is 2. The van der Waals surface area contributed by atoms with E-state index in [1.54, 1.807) is 0 Å². The summed E-state index contributed by atoms with van der Waals surface area (Å²) in [6.07, 6.45) is 7.79. The minimum atomic E-state index is -0.447. The smallest absolute Gasteiger partial charge is 0.0650 e. The summed E-state index contributed by atoms with van der Waals surface area (Å²) < 4.78 is 2.07. The molecule has 0 radical (unpaired) electrons. The average Bonchev–Trinajstić information content (AvgIpc) is 3.12. The highest BCUT2D eigenvalue weighted by molar-refractivity contribution is 6.31. The van der Waals surface area contributed by atoms with Crippen molar-refractivity contribution in [3.63, 3.8) is 0 Å². The zero-order valence-electron chi connectivity index (χ0n) is 12.1. The topological polar surface area (TPSA) is 38.0 Å². The van der Waals surface area contributed by atoms with Gasteiger partial charge < -0.3 is 5.11 Å². The molecule has 4 heteroatoms. The minimum Gasteiger partial charge on any atom is -0.392 e. The van der Waals surface area contributed by atoms with Crippen LogP contribution in [0.15, 0.2) is 36.5 Å². The van der Waals surface area contributed by atoms with Gasteiger partial charge in [0.1, 0.15) is 0 Å². The molecular formula is C17H21ClN2O. The van der Waals surface area contributed by atoms with Crippen molar-refractivity contribution >= 4 is 11.6 Å². The van der Waals surface area contributed by atoms with Gasteiger partial charge in [-0.25, -0.2) is 0 Å². The fraction of sp³-hybridized carbons (Fsp3) is 0.471. The highest BCUT2D eigenvalue weighted by Crippen LogP contribution is 2.28. The van der Waals surface area contributed by atoms with Crippen LogP contribution in [0.25, 0.3) is 0 Å². The third-order valence-corrected chi connectivity index (χ3v) is 4.59. The third kappa shape index (κ3) is 3.66. The highest BCUT2D eigenvalue weighted by Gasteiger charge is 2.18. The zero-order chi connectivity index (χ0) is 14.7. The molecule has 1 atom stereocenters. The van der Waals surface area contributed by atoms with Gasteiger partial charge in [-0.2, -0.15) is 5.10 Å². The molecule has 0 spiro atoms. The van der Waals surface area contributed by atoms with Crippen LogP contribution < -0.4 is 0 Å². The van der Waals surface area contributed by atoms with E-state index in [1.807, 2.05) is 36.5 Å². The summed E-state index contributed by atoms with van der Waals surface area (Å²) in [4.78, 5) is 0. The molecule has 3 nitrogen and oxygen atoms in total. The average molecular weight is 305 g/mol. The molecule has 1 fully saturated rings. The molecule has 1 aromatic heterocycles. The molecular weight excluding hydrogens is 284 g/mol. The van der Waals surface area contributed by atoms with E-state index in [9.17, 15) is 5.11 Å². The van der Waals surface area contributed by atoms with E-state index < -0.39 is 6.10 Å². The van der Waals surface area contributed by atoms with Gasteiger partial charge in [-0.1, -0.05) is 42.6 Å². The first-order valence-electron chi connectivity index (χ1n) is 7.68. The molecule has 0 bridgehead atoms. The lowest BCUT2D eigenvalue weighted by Crippen LogP contribution is -2.15. The number of aliphatic hydroxyl groups excluding tert-OH is 1. The van der Waals surface area contributed by atoms with Crippen LogP contribution in [0.3, 0.4) is 0 Å². The summed E-state index contributed by atoms with van der Waals surface area (Å²) in [5.41, 5.74) is 1.95. The first kappa shape index (κ1) is 14.6. The Hall–Kier alpha value is -1.32. The number of hydrogen-bond acceptors (Lipinski definition) is 2. The second-order valence-electron chi connectivity index (χ2n) is 5.88. The molecule has 1 heterocycles. The van der Waals surface area contributed by atoms with Crippen molar-refractivity contribution < 1.29 is 5.11 Å². The van der Waals surface area contributed by atoms with Gasteiger partial charge in [-0.3, -0.25) is 4.68 Å². The largest absolute Gasteiger partial charge is 0.392 e. The number of benzene rings is 1. The molecule has 1 N–H and O–H groups in total. The molecule has 21 heavy (non-hydrogen) atoms. The van der Waals surface area contributed by atoms with Gasteiger partial charge in [0.2, 0.25) is 0 Å². The van der Waals surface area contributed by atoms with Crippen LogP contribution >= 0.6 is 11.6 Å². The lowest BCUT2D eigenvalue weighted by atomic mass is 10.0. The van der Waals surface area contributed by atoms with Crippen molar-refractivity contribution in [3.05, 3.63) is 52.8 Å². The third-order valence-electron chi connectivity index (χ3n) is 4.22. The quantitative estimate of drug-likeness (QED) is 0.912. The standard InChI is InChI=1S/C17H21ClN2O/c18-17-8-4-1-5-13(17)11-16(21)12-14-9-10-20(19-14)15-6-2-3-7-15/h1,4-5,8-10,15-16,21H,2-3,6-7,11-12H2. The first-order valence-corrected chi connectivity index (χ1v) is 8.05. The Bertz CT molecular complexity index is 590. The predicted octanol–water partition coefficient (Wildman–Crippen LogP) is 3.80. The minimum absolute atomic E-state index is 0.447. The van der Waals surface area contributed by atoms with Crippen LogP contribution in [0, 0.1) is 0 Å². The lowest BCUT2D eigenvalue weighted by molar-refractivity contribution is 0.174. The van der Waals surface area contributed by atoms with Crippen LogP contribution in [-0.4, -0.2) is 21.0 Å². The fourth-order valence-electron chi connectivity index (χ4n) is 3.09. The summed E-state index contributed by atoms with van der Waals surface area (Å²) in [5.74, 6) is 0. The van der Waals surface area contributed by atoms with Crippen LogP contribution in [-0.2, 0) is 12.8 Å². The monoisotopic (exact) mass is 304 g/mol. The van der Waals surface area contributed by atoms with Crippen LogP contribution in [0.4, 0.5) is 0 Å². The number of rotatable bonds is 5. The van der Waals surface area contributed by atoms with Crippen LogP contribution in [0.1, 0.15) is 43.0 Å². The lowest BCUT2D eigenvalue weighted by Gasteiger charge is -2.11. The van der Waals surface area contributed by atoms with Crippen molar-refractivity contribution in [1.29, 1.82) is 0 Å². The van der Waals surface area contributed by atoms with Gasteiger partial charge in [0.25, 0.3) is 0 Å². The van der Waals surface area contributed by atoms with Gasteiger partial charge in [0.05, 0.1) is 17.8 Å². The molecule has 112 valence electrons. The van der Waals surface area contributed by atoms with Crippen molar-refractivity contribution in [2.75, 3.05) is 0 Å². The summed E-state index contributed by atoms with van der Waals surface area (Å²) in [6, 6.07) is 10.2. The molecule has 1 unspecified atom stereocenters. The molecule has 1 saturated carbocycles. The molecule has 0 amide bonds. The normalized spacial score (nSPS) is 17.2. The Kier molecular flexibility index (Phi) is 4.61. The predicted molar refractivity (Wildman–Crippen MR) is 84.6 cm³/mol. The zero-order valence-corrected chi connectivity index (χ0v) is 12.8. The van der Waals surface area contributed by atoms with Gasteiger partial charge in [0, 0.05) is 24.1 Å². The molecule has 0 aliphatic heterocycles. The van der Waals surface area contributed by atoms with E-state index in [0.717, 1.165) is 11.3 Å². The van der Waals surface area contributed by atoms with Gasteiger partial charge in [-0.15, -0.1) is 0 Å². The van der Waals surface area contributed by atoms with Crippen molar-refractivity contribution in [3.8, 4) is 0 Å². The second-order valence-corrected chi connectivity index (χ2v) is 6.29. The Morgan fingerprint density at radius 2 is 1.95 bits per heavy atom. The number of aromatic nitrogens is 2. The van der Waals surface area contributed by atoms with Crippen molar-refractivity contribution in [1.82, 2.24) is 9.78 Å². The fourth-order valence-corrected chi connectivity index (χ4v) is 3.30. The SMILES string of the molecule is OC(Cc1ccn(C2CCCC2)n1)Cc1ccccc1Cl. The maximum atomic E-state index is 10.2. The molecule has 1 aliphatic carbocycles. The maximum absolute atomic E-state index is 10.2. The number of aliphatic hydroxyl groups is 1. The van der Waals surface area contributed by atoms with E-state index >= 15 is 0 Å². The first-order chi connectivity index (χ1) is 10.2. The van der Waals surface area contributed by atoms with E-state index in [1.165, 1.54) is 25.7 Å². The molecule has 0 saturated heterocycles. The van der Waals surface area contributed by atoms with Crippen molar-refractivity contribution in [2.45, 2.75) is 50.7 Å². The van der Waals surface area contributed by atoms with E-state index in [-0.39, 0.29) is 0 Å². The highest BCUT2D eigenvalue weighted by atomic mass is 35.5. The van der Waals surface area contributed by atoms with E-state index in [0.29, 0.717) is 23.9 Å². The maximum Gasteiger partial charge on any atom is 0.0650 e. The van der Waals surface area contributed by atoms with Gasteiger partial charge >= 0.3 is 0 Å². The number of halogens is 1. The van der Waals surface area contributed by atoms with Crippen LogP contribution in [0.2, 0.25) is 5.02 Å². The Labute approximate surface area is 130 Å². The Morgan fingerprint density at radius 3 is 2.71 bits per heavy atom. The summed E-state index contributed by atoms with van der Waals surface area (Å²) in [5, 5.41) is 15.6. The number of hydrogen-bond donors (Lipinski definition) is 1. The second kappa shape index (κ2) is 6.63. The molecule has 1 aromatic carbocycles. The van der Waals surface area contributed by atoms with Gasteiger partial charge in [-0.05, 0) is 30.5 Å². The summed E-state index contributed by atoms with van der Waals surface area (Å²) in [7, 11) is 0. The van der Waals surface area contributed by atoms with E-state index in [2.05, 4.69) is 9.78 Å². The van der Waals surface area contributed by atoms with Gasteiger partial charge in [0.15, 0.2) is 0 Å². The summed E-state index contributed by atoms with van der Waals surface area (Å²) >= 11 is 6.13. The Balaban J connectivity index is 1.60. The van der Waals surface area contributed by atoms with Crippen molar-refractivity contribution in [2.24, 2.45) is 0 Å². The molecule has 2 aromatic rings. The molecule has 1 aliphatic rings.